The van der Waals surface area contributed by atoms with Crippen LogP contribution < -0.4 is 0 Å². The molecule has 1 rings (SSSR count). The molecule has 0 aliphatic heterocycles. The maximum absolute atomic E-state index is 12.2. The van der Waals surface area contributed by atoms with Crippen molar-refractivity contribution in [1.29, 1.82) is 0 Å². The summed E-state index contributed by atoms with van der Waals surface area (Å²) in [5, 5.41) is 0. The molecule has 0 bridgehead atoms. The van der Waals surface area contributed by atoms with Gasteiger partial charge in [-0.3, -0.25) is 9.59 Å². The zero-order chi connectivity index (χ0) is 18.5. The van der Waals surface area contributed by atoms with Crippen molar-refractivity contribution < 1.29 is 19.1 Å². The van der Waals surface area contributed by atoms with Crippen LogP contribution in [0.25, 0.3) is 0 Å². The molecule has 0 N–H and O–H groups in total. The van der Waals surface area contributed by atoms with Gasteiger partial charge in [0, 0.05) is 16.6 Å². The van der Waals surface area contributed by atoms with E-state index in [1.54, 1.807) is 6.08 Å². The molecule has 0 radical (unpaired) electrons. The van der Waals surface area contributed by atoms with Crippen LogP contribution in [-0.2, 0) is 19.1 Å². The van der Waals surface area contributed by atoms with Crippen molar-refractivity contribution in [3.63, 3.8) is 0 Å². The number of ketones is 1. The van der Waals surface area contributed by atoms with Gasteiger partial charge in [-0.2, -0.15) is 0 Å². The third-order valence-corrected chi connectivity index (χ3v) is 5.45. The van der Waals surface area contributed by atoms with Crippen LogP contribution in [0.4, 0.5) is 0 Å². The van der Waals surface area contributed by atoms with Gasteiger partial charge in [-0.1, -0.05) is 45.4 Å². The normalized spacial score (nSPS) is 20.0. The lowest BCUT2D eigenvalue weighted by Gasteiger charge is -2.20. The van der Waals surface area contributed by atoms with E-state index in [1.807, 2.05) is 6.92 Å². The van der Waals surface area contributed by atoms with Gasteiger partial charge in [0.2, 0.25) is 0 Å². The molecule has 1 aliphatic rings. The van der Waals surface area contributed by atoms with Crippen molar-refractivity contribution in [1.82, 2.24) is 0 Å². The largest absolute Gasteiger partial charge is 0.466 e. The van der Waals surface area contributed by atoms with Gasteiger partial charge in [-0.15, -0.1) is 0 Å². The van der Waals surface area contributed by atoms with Gasteiger partial charge >= 0.3 is 5.97 Å². The van der Waals surface area contributed by atoms with Crippen LogP contribution in [0.1, 0.15) is 78.1 Å². The number of ether oxygens (including phenoxy) is 2. The Hall–Kier alpha value is -0.430. The first kappa shape index (κ1) is 22.6. The molecule has 0 unspecified atom stereocenters. The van der Waals surface area contributed by atoms with Crippen LogP contribution >= 0.6 is 22.6 Å². The van der Waals surface area contributed by atoms with E-state index >= 15 is 0 Å². The van der Waals surface area contributed by atoms with Crippen LogP contribution in [0.15, 0.2) is 9.66 Å². The van der Waals surface area contributed by atoms with Gasteiger partial charge < -0.3 is 9.47 Å². The molecule has 0 aromatic heterocycles. The summed E-state index contributed by atoms with van der Waals surface area (Å²) >= 11 is 2.24. The molecule has 0 heterocycles. The van der Waals surface area contributed by atoms with Crippen LogP contribution in [0.2, 0.25) is 0 Å². The summed E-state index contributed by atoms with van der Waals surface area (Å²) in [5.41, 5.74) is 0. The smallest absolute Gasteiger partial charge is 0.305 e. The highest BCUT2D eigenvalue weighted by molar-refractivity contribution is 14.1. The van der Waals surface area contributed by atoms with Gasteiger partial charge in [0.25, 0.3) is 0 Å². The molecule has 1 aliphatic carbocycles. The summed E-state index contributed by atoms with van der Waals surface area (Å²) in [6.45, 7) is 5.13. The molecular weight excluding hydrogens is 431 g/mol. The monoisotopic (exact) mass is 464 g/mol. The molecule has 5 heteroatoms. The highest BCUT2D eigenvalue weighted by Gasteiger charge is 2.35. The van der Waals surface area contributed by atoms with E-state index in [-0.39, 0.29) is 23.8 Å². The first-order valence-corrected chi connectivity index (χ1v) is 10.9. The molecule has 0 aromatic rings. The summed E-state index contributed by atoms with van der Waals surface area (Å²) in [6.07, 6.45) is 11.9. The second-order valence-corrected chi connectivity index (χ2v) is 7.89. The van der Waals surface area contributed by atoms with Gasteiger partial charge in [0.15, 0.2) is 5.78 Å². The molecule has 0 saturated heterocycles. The molecule has 0 saturated carbocycles. The highest BCUT2D eigenvalue weighted by Crippen LogP contribution is 2.33. The maximum Gasteiger partial charge on any atom is 0.305 e. The summed E-state index contributed by atoms with van der Waals surface area (Å²) in [5.74, 6) is 0.116. The lowest BCUT2D eigenvalue weighted by Crippen LogP contribution is -2.25. The van der Waals surface area contributed by atoms with E-state index in [0.29, 0.717) is 19.6 Å². The SMILES string of the molecule is CCCCCCC[C@H]1C(=O)C=C(I)[C@@H]1OCCCCCC(=O)OCC. The maximum atomic E-state index is 12.2. The van der Waals surface area contributed by atoms with E-state index in [1.165, 1.54) is 25.7 Å². The fraction of sp³-hybridized carbons (Fsp3) is 0.800. The number of halogens is 1. The Balaban J connectivity index is 2.21. The summed E-state index contributed by atoms with van der Waals surface area (Å²) in [6, 6.07) is 0. The van der Waals surface area contributed by atoms with Gasteiger partial charge in [-0.25, -0.2) is 0 Å². The van der Waals surface area contributed by atoms with Crippen molar-refractivity contribution in [3.8, 4) is 0 Å². The highest BCUT2D eigenvalue weighted by atomic mass is 127. The molecule has 0 amide bonds. The standard InChI is InChI=1S/C20H33IO4/c1-3-5-6-7-9-12-16-18(22)15-17(21)20(16)25-14-11-8-10-13-19(23)24-4-2/h15-16,20H,3-14H2,1-2H3/t16-,20+/m0/s1. The molecule has 0 fully saturated rings. The lowest BCUT2D eigenvalue weighted by molar-refractivity contribution is -0.143. The van der Waals surface area contributed by atoms with Crippen LogP contribution in [0.3, 0.4) is 0 Å². The van der Waals surface area contributed by atoms with Crippen LogP contribution in [0.5, 0.6) is 0 Å². The predicted molar refractivity (Wildman–Crippen MR) is 109 cm³/mol. The first-order chi connectivity index (χ1) is 12.1. The number of hydrogen-bond donors (Lipinski definition) is 0. The van der Waals surface area contributed by atoms with Crippen LogP contribution in [-0.4, -0.2) is 31.1 Å². The summed E-state index contributed by atoms with van der Waals surface area (Å²) in [7, 11) is 0. The Bertz CT molecular complexity index is 433. The molecule has 144 valence electrons. The molecule has 0 spiro atoms. The average Bonchev–Trinajstić information content (AvgIpc) is 2.84. The van der Waals surface area contributed by atoms with E-state index in [9.17, 15) is 9.59 Å². The molecule has 4 nitrogen and oxygen atoms in total. The molecule has 25 heavy (non-hydrogen) atoms. The van der Waals surface area contributed by atoms with Crippen molar-refractivity contribution in [2.45, 2.75) is 84.2 Å². The zero-order valence-corrected chi connectivity index (χ0v) is 17.9. The number of esters is 1. The van der Waals surface area contributed by atoms with E-state index in [0.717, 1.165) is 35.7 Å². The predicted octanol–water partition coefficient (Wildman–Crippen LogP) is 5.37. The molecular formula is C20H33IO4. The van der Waals surface area contributed by atoms with Gasteiger partial charge in [-0.05, 0) is 54.9 Å². The quantitative estimate of drug-likeness (QED) is 0.197. The zero-order valence-electron chi connectivity index (χ0n) is 15.7. The Morgan fingerprint density at radius 2 is 1.80 bits per heavy atom. The van der Waals surface area contributed by atoms with E-state index in [4.69, 9.17) is 9.47 Å². The number of carbonyl (C=O) groups is 2. The molecule has 2 atom stereocenters. The Kier molecular flexibility index (Phi) is 12.4. The lowest BCUT2D eigenvalue weighted by atomic mass is 9.95. The number of allylic oxidation sites excluding steroid dienone is 1. The fourth-order valence-corrected chi connectivity index (χ4v) is 4.04. The Morgan fingerprint density at radius 3 is 2.52 bits per heavy atom. The van der Waals surface area contributed by atoms with Crippen molar-refractivity contribution in [3.05, 3.63) is 9.66 Å². The third kappa shape index (κ3) is 9.18. The number of carbonyl (C=O) groups excluding carboxylic acids is 2. The van der Waals surface area contributed by atoms with E-state index in [2.05, 4.69) is 29.5 Å². The number of rotatable bonds is 14. The molecule has 0 aromatic carbocycles. The number of hydrogen-bond acceptors (Lipinski definition) is 4. The third-order valence-electron chi connectivity index (χ3n) is 4.53. The van der Waals surface area contributed by atoms with Crippen LogP contribution in [0, 0.1) is 5.92 Å². The Morgan fingerprint density at radius 1 is 1.08 bits per heavy atom. The van der Waals surface area contributed by atoms with Crippen molar-refractivity contribution >= 4 is 34.3 Å². The minimum Gasteiger partial charge on any atom is -0.466 e. The first-order valence-electron chi connectivity index (χ1n) is 9.78. The minimum absolute atomic E-state index is 0.00746. The van der Waals surface area contributed by atoms with Gasteiger partial charge in [0.05, 0.1) is 18.6 Å². The minimum atomic E-state index is -0.120. The van der Waals surface area contributed by atoms with Gasteiger partial charge in [0.1, 0.15) is 0 Å². The Labute approximate surface area is 166 Å². The van der Waals surface area contributed by atoms with Crippen molar-refractivity contribution in [2.75, 3.05) is 13.2 Å². The average molecular weight is 464 g/mol. The van der Waals surface area contributed by atoms with E-state index < -0.39 is 0 Å². The summed E-state index contributed by atoms with van der Waals surface area (Å²) < 4.78 is 12.0. The van der Waals surface area contributed by atoms with Crippen molar-refractivity contribution in [2.24, 2.45) is 5.92 Å². The second-order valence-electron chi connectivity index (χ2n) is 6.65. The second kappa shape index (κ2) is 13.7. The topological polar surface area (TPSA) is 52.6 Å². The summed E-state index contributed by atoms with van der Waals surface area (Å²) in [4.78, 5) is 23.4. The number of unbranched alkanes of at least 4 members (excludes halogenated alkanes) is 6. The fourth-order valence-electron chi connectivity index (χ4n) is 3.12.